The molecule has 0 unspecified atom stereocenters. The third-order valence-corrected chi connectivity index (χ3v) is 5.88. The third-order valence-electron chi connectivity index (χ3n) is 5.88. The summed E-state index contributed by atoms with van der Waals surface area (Å²) in [6.07, 6.45) is -2.09. The summed E-state index contributed by atoms with van der Waals surface area (Å²) >= 11 is 0. The average molecular weight is 630 g/mol. The van der Waals surface area contributed by atoms with Gasteiger partial charge in [-0.2, -0.15) is 13.2 Å². The lowest BCUT2D eigenvalue weighted by Gasteiger charge is -2.10. The second-order valence-corrected chi connectivity index (χ2v) is 9.35. The van der Waals surface area contributed by atoms with Crippen LogP contribution in [0.1, 0.15) is 36.0 Å². The Bertz CT molecular complexity index is 1730. The number of hydrogen-bond acceptors (Lipinski definition) is 7. The second-order valence-electron chi connectivity index (χ2n) is 9.35. The van der Waals surface area contributed by atoms with E-state index in [2.05, 4.69) is 15.0 Å². The van der Waals surface area contributed by atoms with E-state index in [-0.39, 0.29) is 45.9 Å². The van der Waals surface area contributed by atoms with Crippen molar-refractivity contribution in [1.29, 1.82) is 0 Å². The minimum Gasteiger partial charge on any atom is -0.481 e. The molecule has 0 radical (unpaired) electrons. The molecular weight excluding hydrogens is 606 g/mol. The van der Waals surface area contributed by atoms with Gasteiger partial charge in [-0.25, -0.2) is 19.4 Å². The molecule has 0 amide bonds. The third kappa shape index (κ3) is 10.2. The first-order chi connectivity index (χ1) is 21.1. The standard InChI is InChI=1S/C30H23F4N3O8/c31-4-1-19(27(40)41)7-16-2-5-35-22(10-16)24-12-18(9-20(28(42)43)14-26(38)39)13-25(37-24)23-11-17(3-6-36-23)8-21(29(44)45)15-30(32,33)34/h2-3,5-13H,1,4,14-15H2,(H,38,39)(H,40,41)(H,42,43)(H,44,45)/b19-7+,20-9+,21-8+. The number of alkyl halides is 4. The summed E-state index contributed by atoms with van der Waals surface area (Å²) in [5.74, 6) is -6.06. The van der Waals surface area contributed by atoms with Crippen LogP contribution in [0.5, 0.6) is 0 Å². The predicted octanol–water partition coefficient (Wildman–Crippen LogP) is 5.40. The van der Waals surface area contributed by atoms with Gasteiger partial charge in [0, 0.05) is 35.5 Å². The minimum absolute atomic E-state index is 0.0214. The zero-order valence-corrected chi connectivity index (χ0v) is 23.0. The number of halogens is 4. The first-order valence-electron chi connectivity index (χ1n) is 12.8. The number of aliphatic carboxylic acids is 4. The maximum Gasteiger partial charge on any atom is 0.393 e. The highest BCUT2D eigenvalue weighted by atomic mass is 19.4. The van der Waals surface area contributed by atoms with Crippen molar-refractivity contribution in [3.63, 3.8) is 0 Å². The summed E-state index contributed by atoms with van der Waals surface area (Å²) in [4.78, 5) is 58.7. The topological polar surface area (TPSA) is 188 Å². The average Bonchev–Trinajstić information content (AvgIpc) is 2.95. The van der Waals surface area contributed by atoms with Gasteiger partial charge in [0.05, 0.1) is 42.3 Å². The maximum absolute atomic E-state index is 12.9. The van der Waals surface area contributed by atoms with Crippen LogP contribution in [0.3, 0.4) is 0 Å². The van der Waals surface area contributed by atoms with Crippen LogP contribution < -0.4 is 0 Å². The van der Waals surface area contributed by atoms with Gasteiger partial charge in [-0.1, -0.05) is 0 Å². The van der Waals surface area contributed by atoms with Gasteiger partial charge in [0.25, 0.3) is 0 Å². The first kappa shape index (κ1) is 33.8. The molecule has 0 aliphatic heterocycles. The van der Waals surface area contributed by atoms with Crippen LogP contribution in [-0.4, -0.2) is 72.1 Å². The van der Waals surface area contributed by atoms with Crippen LogP contribution in [0.25, 0.3) is 41.0 Å². The van der Waals surface area contributed by atoms with Crippen molar-refractivity contribution in [3.05, 3.63) is 82.2 Å². The van der Waals surface area contributed by atoms with Crippen LogP contribution in [0.4, 0.5) is 17.6 Å². The SMILES string of the molecule is O=C(O)C/C(=C\c1cc(-c2cc(/C=C(\CCF)C(=O)O)ccn2)nc(-c2cc(/C=C(\CC(F)(F)F)C(=O)O)ccn2)c1)C(=O)O. The Morgan fingerprint density at radius 2 is 1.11 bits per heavy atom. The Morgan fingerprint density at radius 3 is 1.53 bits per heavy atom. The van der Waals surface area contributed by atoms with E-state index in [1.54, 1.807) is 0 Å². The first-order valence-corrected chi connectivity index (χ1v) is 12.8. The van der Waals surface area contributed by atoms with Crippen LogP contribution in [-0.2, 0) is 19.2 Å². The molecule has 234 valence electrons. The van der Waals surface area contributed by atoms with E-state index in [9.17, 15) is 52.1 Å². The molecule has 0 saturated carbocycles. The van der Waals surface area contributed by atoms with E-state index in [0.29, 0.717) is 5.56 Å². The van der Waals surface area contributed by atoms with Gasteiger partial charge in [-0.05, 0) is 71.3 Å². The zero-order chi connectivity index (χ0) is 33.3. The van der Waals surface area contributed by atoms with Crippen molar-refractivity contribution >= 4 is 42.1 Å². The van der Waals surface area contributed by atoms with Gasteiger partial charge in [0.1, 0.15) is 0 Å². The predicted molar refractivity (Wildman–Crippen MR) is 151 cm³/mol. The molecule has 3 rings (SSSR count). The molecule has 0 aromatic carbocycles. The Labute approximate surface area is 251 Å². The number of pyridine rings is 3. The highest BCUT2D eigenvalue weighted by Crippen LogP contribution is 2.29. The number of carboxylic acids is 4. The van der Waals surface area contributed by atoms with E-state index in [4.69, 9.17) is 5.11 Å². The highest BCUT2D eigenvalue weighted by Gasteiger charge is 2.31. The molecule has 0 saturated heterocycles. The minimum atomic E-state index is -4.79. The molecule has 0 spiro atoms. The number of hydrogen-bond donors (Lipinski definition) is 4. The monoisotopic (exact) mass is 629 g/mol. The maximum atomic E-state index is 12.9. The Hall–Kier alpha value is -5.73. The molecule has 15 heteroatoms. The molecule has 45 heavy (non-hydrogen) atoms. The molecular formula is C30H23F4N3O8. The van der Waals surface area contributed by atoms with Crippen molar-refractivity contribution in [2.24, 2.45) is 0 Å². The largest absolute Gasteiger partial charge is 0.481 e. The van der Waals surface area contributed by atoms with Crippen molar-refractivity contribution in [1.82, 2.24) is 15.0 Å². The number of nitrogens with zero attached hydrogens (tertiary/aromatic N) is 3. The van der Waals surface area contributed by atoms with Crippen molar-refractivity contribution < 1.29 is 57.2 Å². The van der Waals surface area contributed by atoms with Gasteiger partial charge in [-0.15, -0.1) is 0 Å². The van der Waals surface area contributed by atoms with E-state index < -0.39 is 60.7 Å². The molecule has 3 heterocycles. The summed E-state index contributed by atoms with van der Waals surface area (Å²) in [5.41, 5.74) is -0.954. The zero-order valence-electron chi connectivity index (χ0n) is 23.0. The Balaban J connectivity index is 2.23. The Kier molecular flexibility index (Phi) is 11.0. The fourth-order valence-corrected chi connectivity index (χ4v) is 3.95. The van der Waals surface area contributed by atoms with Gasteiger partial charge in [0.15, 0.2) is 0 Å². The normalized spacial score (nSPS) is 12.6. The summed E-state index contributed by atoms with van der Waals surface area (Å²) in [7, 11) is 0. The lowest BCUT2D eigenvalue weighted by atomic mass is 10.0. The number of rotatable bonds is 13. The summed E-state index contributed by atoms with van der Waals surface area (Å²) in [5, 5.41) is 37.3. The van der Waals surface area contributed by atoms with Crippen LogP contribution in [0.15, 0.2) is 65.5 Å². The van der Waals surface area contributed by atoms with Crippen molar-refractivity contribution in [3.8, 4) is 22.8 Å². The van der Waals surface area contributed by atoms with Crippen LogP contribution in [0, 0.1) is 0 Å². The summed E-state index contributed by atoms with van der Waals surface area (Å²) in [6, 6.07) is 8.06. The van der Waals surface area contributed by atoms with E-state index in [0.717, 1.165) is 12.2 Å². The number of carbonyl (C=O) groups is 4. The molecule has 0 aliphatic rings. The quantitative estimate of drug-likeness (QED) is 0.140. The lowest BCUT2D eigenvalue weighted by molar-refractivity contribution is -0.142. The van der Waals surface area contributed by atoms with Gasteiger partial charge in [-0.3, -0.25) is 19.2 Å². The van der Waals surface area contributed by atoms with E-state index in [1.807, 2.05) is 0 Å². The molecule has 0 atom stereocenters. The molecule has 3 aromatic heterocycles. The van der Waals surface area contributed by atoms with Gasteiger partial charge >= 0.3 is 30.1 Å². The molecule has 3 aromatic rings. The van der Waals surface area contributed by atoms with Crippen LogP contribution in [0.2, 0.25) is 0 Å². The van der Waals surface area contributed by atoms with Crippen molar-refractivity contribution in [2.75, 3.05) is 6.67 Å². The summed E-state index contributed by atoms with van der Waals surface area (Å²) in [6.45, 7) is -0.914. The number of carboxylic acid groups (broad SMARTS) is 4. The van der Waals surface area contributed by atoms with E-state index >= 15 is 0 Å². The molecule has 4 N–H and O–H groups in total. The van der Waals surface area contributed by atoms with Gasteiger partial charge < -0.3 is 20.4 Å². The fourth-order valence-electron chi connectivity index (χ4n) is 3.95. The second kappa shape index (κ2) is 14.6. The summed E-state index contributed by atoms with van der Waals surface area (Å²) < 4.78 is 51.6. The molecule has 0 aliphatic carbocycles. The Morgan fingerprint density at radius 1 is 0.667 bits per heavy atom. The smallest absolute Gasteiger partial charge is 0.393 e. The van der Waals surface area contributed by atoms with E-state index in [1.165, 1.54) is 54.9 Å². The molecule has 0 fully saturated rings. The fraction of sp³-hybridized carbons (Fsp3) is 0.167. The van der Waals surface area contributed by atoms with Crippen molar-refractivity contribution in [2.45, 2.75) is 25.4 Å². The molecule has 0 bridgehead atoms. The number of aromatic nitrogens is 3. The lowest BCUT2D eigenvalue weighted by Crippen LogP contribution is -2.13. The van der Waals surface area contributed by atoms with Crippen LogP contribution >= 0.6 is 0 Å². The highest BCUT2D eigenvalue weighted by molar-refractivity contribution is 5.97. The molecule has 11 nitrogen and oxygen atoms in total. The van der Waals surface area contributed by atoms with Gasteiger partial charge in [0.2, 0.25) is 0 Å².